The second kappa shape index (κ2) is 9.91. The van der Waals surface area contributed by atoms with Crippen LogP contribution in [0, 0.1) is 0 Å². The number of halogens is 2. The number of aromatic nitrogens is 2. The van der Waals surface area contributed by atoms with Gasteiger partial charge in [0.2, 0.25) is 0 Å². The van der Waals surface area contributed by atoms with E-state index < -0.39 is 13.2 Å². The molecule has 2 aliphatic rings. The maximum atomic E-state index is 15.5. The Morgan fingerprint density at radius 3 is 2.81 bits per heavy atom. The highest BCUT2D eigenvalue weighted by Crippen LogP contribution is 2.39. The van der Waals surface area contributed by atoms with E-state index in [-0.39, 0.29) is 24.9 Å². The lowest BCUT2D eigenvalue weighted by atomic mass is 9.70. The SMILES string of the molecule is COCOc1cc(Cl)ccc1-c1cnc(N(C)[C@H]2CC3CCCC([C@H]2F)N3B(C)O)cn1. The zero-order valence-corrected chi connectivity index (χ0v) is 19.4. The minimum absolute atomic E-state index is 0.0902. The van der Waals surface area contributed by atoms with Gasteiger partial charge in [0.05, 0.1) is 24.1 Å². The van der Waals surface area contributed by atoms with E-state index in [0.29, 0.717) is 28.7 Å². The van der Waals surface area contributed by atoms with Gasteiger partial charge in [-0.25, -0.2) is 9.37 Å². The summed E-state index contributed by atoms with van der Waals surface area (Å²) in [5.41, 5.74) is 1.37. The number of hydrogen-bond donors (Lipinski definition) is 1. The molecule has 2 unspecified atom stereocenters. The lowest BCUT2D eigenvalue weighted by Gasteiger charge is -2.53. The van der Waals surface area contributed by atoms with E-state index in [4.69, 9.17) is 21.1 Å². The van der Waals surface area contributed by atoms with Crippen LogP contribution in [0.5, 0.6) is 5.75 Å². The van der Waals surface area contributed by atoms with Crippen molar-refractivity contribution in [3.05, 3.63) is 35.6 Å². The summed E-state index contributed by atoms with van der Waals surface area (Å²) >= 11 is 6.10. The summed E-state index contributed by atoms with van der Waals surface area (Å²) in [7, 11) is 2.78. The van der Waals surface area contributed by atoms with Crippen LogP contribution < -0.4 is 9.64 Å². The number of fused-ring (bicyclic) bond motifs is 2. The zero-order chi connectivity index (χ0) is 22.8. The molecule has 172 valence electrons. The van der Waals surface area contributed by atoms with Crippen LogP contribution >= 0.6 is 11.6 Å². The van der Waals surface area contributed by atoms with Gasteiger partial charge in [0.1, 0.15) is 17.7 Å². The molecule has 2 bridgehead atoms. The minimum atomic E-state index is -1.07. The quantitative estimate of drug-likeness (QED) is 0.497. The number of methoxy groups -OCH3 is 1. The Balaban J connectivity index is 1.54. The Labute approximate surface area is 193 Å². The van der Waals surface area contributed by atoms with Crippen molar-refractivity contribution in [2.45, 2.75) is 56.8 Å². The molecule has 2 aliphatic heterocycles. The molecular formula is C22H29BClFN4O3. The first-order valence-corrected chi connectivity index (χ1v) is 11.3. The summed E-state index contributed by atoms with van der Waals surface area (Å²) < 4.78 is 26.2. The molecule has 4 atom stereocenters. The number of ether oxygens (including phenoxy) is 2. The van der Waals surface area contributed by atoms with Crippen LogP contribution in [0.2, 0.25) is 11.8 Å². The predicted octanol–water partition coefficient (Wildman–Crippen LogP) is 3.66. The van der Waals surface area contributed by atoms with Crippen LogP contribution in [-0.2, 0) is 4.74 Å². The third-order valence-corrected chi connectivity index (χ3v) is 6.81. The Bertz CT molecular complexity index is 923. The summed E-state index contributed by atoms with van der Waals surface area (Å²) in [5, 5.41) is 10.7. The van der Waals surface area contributed by atoms with Crippen molar-refractivity contribution in [2.75, 3.05) is 25.9 Å². The highest BCUT2D eigenvalue weighted by atomic mass is 35.5. The Hall–Kier alpha value is -1.94. The van der Waals surface area contributed by atoms with Crippen molar-refractivity contribution in [2.24, 2.45) is 0 Å². The van der Waals surface area contributed by atoms with Crippen molar-refractivity contribution in [3.63, 3.8) is 0 Å². The van der Waals surface area contributed by atoms with Crippen molar-refractivity contribution in [1.29, 1.82) is 0 Å². The molecule has 2 saturated heterocycles. The van der Waals surface area contributed by atoms with Gasteiger partial charge in [-0.15, -0.1) is 0 Å². The second-order valence-electron chi connectivity index (χ2n) is 8.54. The normalized spacial score (nSPS) is 25.4. The Morgan fingerprint density at radius 2 is 2.12 bits per heavy atom. The van der Waals surface area contributed by atoms with Gasteiger partial charge < -0.3 is 24.2 Å². The number of alkyl halides is 1. The second-order valence-corrected chi connectivity index (χ2v) is 8.98. The number of benzene rings is 1. The van der Waals surface area contributed by atoms with Crippen LogP contribution in [0.15, 0.2) is 30.6 Å². The maximum Gasteiger partial charge on any atom is 0.376 e. The number of anilines is 1. The molecule has 4 rings (SSSR count). The minimum Gasteiger partial charge on any atom is -0.467 e. The van der Waals surface area contributed by atoms with Crippen LogP contribution in [-0.4, -0.2) is 72.1 Å². The standard InChI is InChI=1S/C22H29BClFN4O3/c1-23(30)29-15-5-4-6-18(29)22(25)19(10-15)28(2)21-12-26-17(11-27-21)16-8-7-14(24)9-20(16)32-13-31-3/h7-9,11-12,15,18-19,22,30H,4-6,10,13H2,1-3H3/t15?,18?,19-,22+/m0/s1. The fourth-order valence-corrected chi connectivity index (χ4v) is 5.24. The summed E-state index contributed by atoms with van der Waals surface area (Å²) in [6.07, 6.45) is 5.63. The van der Waals surface area contributed by atoms with E-state index in [2.05, 4.69) is 9.97 Å². The molecule has 1 N–H and O–H groups in total. The van der Waals surface area contributed by atoms with Gasteiger partial charge in [0.25, 0.3) is 0 Å². The third-order valence-electron chi connectivity index (χ3n) is 6.57. The van der Waals surface area contributed by atoms with E-state index in [9.17, 15) is 5.02 Å². The van der Waals surface area contributed by atoms with Gasteiger partial charge in [-0.3, -0.25) is 4.98 Å². The number of nitrogens with zero attached hydrogens (tertiary/aromatic N) is 4. The number of hydrogen-bond acceptors (Lipinski definition) is 7. The highest BCUT2D eigenvalue weighted by Gasteiger charge is 2.49. The lowest BCUT2D eigenvalue weighted by molar-refractivity contribution is 0.0203. The molecule has 0 amide bonds. The summed E-state index contributed by atoms with van der Waals surface area (Å²) in [6, 6.07) is 4.90. The van der Waals surface area contributed by atoms with Gasteiger partial charge in [-0.1, -0.05) is 18.0 Å². The lowest BCUT2D eigenvalue weighted by Crippen LogP contribution is -2.66. The monoisotopic (exact) mass is 462 g/mol. The van der Waals surface area contributed by atoms with Crippen LogP contribution in [0.25, 0.3) is 11.3 Å². The Morgan fingerprint density at radius 1 is 1.31 bits per heavy atom. The fraction of sp³-hybridized carbons (Fsp3) is 0.545. The van der Waals surface area contributed by atoms with Crippen molar-refractivity contribution >= 4 is 24.5 Å². The van der Waals surface area contributed by atoms with E-state index in [1.54, 1.807) is 38.5 Å². The van der Waals surface area contributed by atoms with Crippen molar-refractivity contribution in [1.82, 2.24) is 14.8 Å². The van der Waals surface area contributed by atoms with Gasteiger partial charge in [-0.05, 0) is 44.3 Å². The van der Waals surface area contributed by atoms with Crippen LogP contribution in [0.4, 0.5) is 10.2 Å². The molecule has 7 nitrogen and oxygen atoms in total. The molecule has 32 heavy (non-hydrogen) atoms. The number of rotatable bonds is 7. The first-order valence-electron chi connectivity index (χ1n) is 11.0. The van der Waals surface area contributed by atoms with Gasteiger partial charge in [-0.2, -0.15) is 0 Å². The van der Waals surface area contributed by atoms with Crippen molar-refractivity contribution < 1.29 is 18.9 Å². The molecule has 0 saturated carbocycles. The largest absolute Gasteiger partial charge is 0.467 e. The first kappa shape index (κ1) is 23.2. The fourth-order valence-electron chi connectivity index (χ4n) is 5.08. The average Bonchev–Trinajstić information content (AvgIpc) is 2.79. The van der Waals surface area contributed by atoms with Crippen LogP contribution in [0.1, 0.15) is 25.7 Å². The van der Waals surface area contributed by atoms with Crippen LogP contribution in [0.3, 0.4) is 0 Å². The summed E-state index contributed by atoms with van der Waals surface area (Å²) in [4.78, 5) is 13.0. The molecule has 2 aromatic rings. The van der Waals surface area contributed by atoms with E-state index in [0.717, 1.165) is 24.8 Å². The highest BCUT2D eigenvalue weighted by molar-refractivity contribution is 6.45. The Kier molecular flexibility index (Phi) is 7.19. The summed E-state index contributed by atoms with van der Waals surface area (Å²) in [5.74, 6) is 1.16. The van der Waals surface area contributed by atoms with E-state index in [1.165, 1.54) is 0 Å². The molecule has 1 aromatic heterocycles. The van der Waals surface area contributed by atoms with Gasteiger partial charge in [0.15, 0.2) is 6.79 Å². The molecule has 3 heterocycles. The molecule has 10 heteroatoms. The molecule has 0 radical (unpaired) electrons. The molecule has 0 aliphatic carbocycles. The third kappa shape index (κ3) is 4.57. The van der Waals surface area contributed by atoms with Gasteiger partial charge >= 0.3 is 7.05 Å². The molecule has 1 aromatic carbocycles. The van der Waals surface area contributed by atoms with E-state index >= 15 is 4.39 Å². The maximum absolute atomic E-state index is 15.5. The summed E-state index contributed by atoms with van der Waals surface area (Å²) in [6.45, 7) is 1.82. The topological polar surface area (TPSA) is 71.0 Å². The smallest absolute Gasteiger partial charge is 0.376 e. The molecule has 0 spiro atoms. The zero-order valence-electron chi connectivity index (χ0n) is 18.6. The average molecular weight is 463 g/mol. The first-order chi connectivity index (χ1) is 15.4. The number of piperidine rings is 2. The predicted molar refractivity (Wildman–Crippen MR) is 124 cm³/mol. The van der Waals surface area contributed by atoms with Crippen molar-refractivity contribution in [3.8, 4) is 17.0 Å². The molecular weight excluding hydrogens is 434 g/mol. The van der Waals surface area contributed by atoms with Gasteiger partial charge in [0, 0.05) is 36.8 Å². The van der Waals surface area contributed by atoms with E-state index in [1.807, 2.05) is 22.8 Å². The molecule has 2 fully saturated rings.